The van der Waals surface area contributed by atoms with E-state index in [4.69, 9.17) is 15.2 Å². The van der Waals surface area contributed by atoms with Gasteiger partial charge in [0.2, 0.25) is 0 Å². The lowest BCUT2D eigenvalue weighted by Gasteiger charge is -2.34. The van der Waals surface area contributed by atoms with Gasteiger partial charge in [-0.05, 0) is 69.8 Å². The summed E-state index contributed by atoms with van der Waals surface area (Å²) in [7, 11) is 2.14. The van der Waals surface area contributed by atoms with Gasteiger partial charge >= 0.3 is 0 Å². The van der Waals surface area contributed by atoms with Gasteiger partial charge in [0.25, 0.3) is 0 Å². The summed E-state index contributed by atoms with van der Waals surface area (Å²) in [6.07, 6.45) is 0. The van der Waals surface area contributed by atoms with E-state index in [9.17, 15) is 0 Å². The van der Waals surface area contributed by atoms with Crippen molar-refractivity contribution >= 4 is 16.9 Å². The van der Waals surface area contributed by atoms with Gasteiger partial charge in [0.15, 0.2) is 11.5 Å². The number of hydrogen-bond donors (Lipinski definition) is 0. The van der Waals surface area contributed by atoms with Crippen LogP contribution in [0.2, 0.25) is 0 Å². The summed E-state index contributed by atoms with van der Waals surface area (Å²) in [5, 5.41) is 9.16. The van der Waals surface area contributed by atoms with Crippen LogP contribution >= 0.6 is 0 Å². The molecule has 35 heavy (non-hydrogen) atoms. The van der Waals surface area contributed by atoms with Gasteiger partial charge in [-0.1, -0.05) is 0 Å². The molecule has 0 radical (unpaired) electrons. The van der Waals surface area contributed by atoms with E-state index in [1.807, 2.05) is 26.0 Å². The van der Waals surface area contributed by atoms with Crippen molar-refractivity contribution in [2.24, 2.45) is 0 Å². The molecule has 1 aliphatic rings. The molecule has 0 amide bonds. The van der Waals surface area contributed by atoms with Crippen LogP contribution in [-0.2, 0) is 0 Å². The molecular weight excluding hydrogens is 441 g/mol. The maximum atomic E-state index is 15.1. The Morgan fingerprint density at radius 3 is 2.34 bits per heavy atom. The molecule has 0 unspecified atom stereocenters. The highest BCUT2D eigenvalue weighted by molar-refractivity contribution is 5.89. The fourth-order valence-electron chi connectivity index (χ4n) is 4.35. The number of nitrogens with zero attached hydrogens (tertiary/aromatic N) is 7. The molecule has 3 heterocycles. The molecule has 1 aliphatic heterocycles. The zero-order valence-electron chi connectivity index (χ0n) is 20.3. The van der Waals surface area contributed by atoms with E-state index in [2.05, 4.69) is 45.9 Å². The van der Waals surface area contributed by atoms with Gasteiger partial charge in [0.1, 0.15) is 17.0 Å². The van der Waals surface area contributed by atoms with E-state index >= 15 is 4.39 Å². The Kier molecular flexibility index (Phi) is 5.87. The number of likely N-dealkylation sites (N-methyl/N-ethyl adjacent to an activating group) is 1. The first-order valence-corrected chi connectivity index (χ1v) is 11.6. The minimum Gasteiger partial charge on any atom is -0.369 e. The van der Waals surface area contributed by atoms with Crippen LogP contribution in [-0.4, -0.2) is 58.1 Å². The van der Waals surface area contributed by atoms with Crippen LogP contribution in [0.25, 0.3) is 33.8 Å². The fraction of sp³-hybridized carbons (Fsp3) is 0.296. The third kappa shape index (κ3) is 4.43. The van der Waals surface area contributed by atoms with Crippen LogP contribution in [0, 0.1) is 37.9 Å². The van der Waals surface area contributed by atoms with Crippen molar-refractivity contribution in [2.45, 2.75) is 20.8 Å². The summed E-state index contributed by atoms with van der Waals surface area (Å²) in [5.41, 5.74) is 6.29. The molecular formula is C27H26FN7. The molecule has 4 aromatic rings. The van der Waals surface area contributed by atoms with Crippen molar-refractivity contribution < 1.29 is 4.39 Å². The number of anilines is 1. The highest BCUT2D eigenvalue weighted by Gasteiger charge is 2.20. The first-order valence-electron chi connectivity index (χ1n) is 11.6. The molecule has 8 heteroatoms. The Balaban J connectivity index is 1.70. The molecule has 1 saturated heterocycles. The molecule has 0 N–H and O–H groups in total. The molecule has 7 nitrogen and oxygen atoms in total. The molecule has 176 valence electrons. The number of aryl methyl sites for hydroxylation is 3. The molecule has 0 spiro atoms. The van der Waals surface area contributed by atoms with E-state index < -0.39 is 5.82 Å². The maximum Gasteiger partial charge on any atom is 0.182 e. The van der Waals surface area contributed by atoms with E-state index in [-0.39, 0.29) is 11.1 Å². The minimum absolute atomic E-state index is 0.249. The Labute approximate surface area is 203 Å². The Hall–Kier alpha value is -3.96. The quantitative estimate of drug-likeness (QED) is 0.440. The fourth-order valence-corrected chi connectivity index (χ4v) is 4.35. The number of halogens is 1. The van der Waals surface area contributed by atoms with Crippen molar-refractivity contribution in [2.75, 3.05) is 38.1 Å². The Bertz CT molecular complexity index is 1480. The first-order chi connectivity index (χ1) is 16.8. The summed E-state index contributed by atoms with van der Waals surface area (Å²) >= 11 is 0. The van der Waals surface area contributed by atoms with E-state index in [0.717, 1.165) is 54.4 Å². The molecule has 0 saturated carbocycles. The summed E-state index contributed by atoms with van der Waals surface area (Å²) in [5.74, 6) is -0.0645. The van der Waals surface area contributed by atoms with E-state index in [1.54, 1.807) is 12.1 Å². The zero-order chi connectivity index (χ0) is 24.7. The predicted octanol–water partition coefficient (Wildman–Crippen LogP) is 4.44. The molecule has 0 bridgehead atoms. The second-order valence-electron chi connectivity index (χ2n) is 9.12. The lowest BCUT2D eigenvalue weighted by atomic mass is 10.1. The molecule has 1 fully saturated rings. The van der Waals surface area contributed by atoms with Crippen molar-refractivity contribution in [3.8, 4) is 28.7 Å². The molecule has 0 atom stereocenters. The second-order valence-corrected chi connectivity index (χ2v) is 9.12. The number of fused-ring (bicyclic) bond motifs is 1. The van der Waals surface area contributed by atoms with Gasteiger partial charge in [-0.2, -0.15) is 5.26 Å². The summed E-state index contributed by atoms with van der Waals surface area (Å²) in [6, 6.07) is 12.6. The third-order valence-electron chi connectivity index (χ3n) is 6.48. The van der Waals surface area contributed by atoms with Gasteiger partial charge in [-0.25, -0.2) is 24.3 Å². The normalized spacial score (nSPS) is 14.3. The Morgan fingerprint density at radius 2 is 1.63 bits per heavy atom. The van der Waals surface area contributed by atoms with Gasteiger partial charge in [0.05, 0.1) is 23.0 Å². The molecule has 2 aromatic carbocycles. The number of benzene rings is 2. The number of rotatable bonds is 3. The summed E-state index contributed by atoms with van der Waals surface area (Å²) in [6.45, 7) is 9.70. The molecule has 0 aliphatic carbocycles. The Morgan fingerprint density at radius 1 is 0.886 bits per heavy atom. The largest absolute Gasteiger partial charge is 0.369 e. The SMILES string of the molecule is Cc1cc(-c2nc(-c3ccc(C#N)cc3F)c3nc(C)c(C)nc3n2)cc(N2CCN(C)CC2)c1. The van der Waals surface area contributed by atoms with Gasteiger partial charge in [-0.15, -0.1) is 0 Å². The van der Waals surface area contributed by atoms with E-state index in [0.29, 0.717) is 22.7 Å². The predicted molar refractivity (Wildman–Crippen MR) is 135 cm³/mol. The number of hydrogen-bond acceptors (Lipinski definition) is 7. The maximum absolute atomic E-state index is 15.1. The lowest BCUT2D eigenvalue weighted by Crippen LogP contribution is -2.44. The van der Waals surface area contributed by atoms with Crippen molar-refractivity contribution in [3.05, 3.63) is 64.7 Å². The van der Waals surface area contributed by atoms with Crippen LogP contribution in [0.3, 0.4) is 0 Å². The van der Waals surface area contributed by atoms with Crippen LogP contribution in [0.1, 0.15) is 22.5 Å². The summed E-state index contributed by atoms with van der Waals surface area (Å²) in [4.78, 5) is 23.5. The smallest absolute Gasteiger partial charge is 0.182 e. The lowest BCUT2D eigenvalue weighted by molar-refractivity contribution is 0.313. The van der Waals surface area contributed by atoms with E-state index in [1.165, 1.54) is 6.07 Å². The van der Waals surface area contributed by atoms with Crippen molar-refractivity contribution in [3.63, 3.8) is 0 Å². The first kappa shape index (κ1) is 22.8. The number of piperazine rings is 1. The monoisotopic (exact) mass is 467 g/mol. The number of nitriles is 1. The summed E-state index contributed by atoms with van der Waals surface area (Å²) < 4.78 is 15.1. The van der Waals surface area contributed by atoms with Crippen LogP contribution in [0.15, 0.2) is 36.4 Å². The van der Waals surface area contributed by atoms with Gasteiger partial charge < -0.3 is 9.80 Å². The van der Waals surface area contributed by atoms with Crippen LogP contribution in [0.5, 0.6) is 0 Å². The average Bonchev–Trinajstić information content (AvgIpc) is 2.84. The van der Waals surface area contributed by atoms with Crippen LogP contribution < -0.4 is 4.90 Å². The second kappa shape index (κ2) is 9.01. The zero-order valence-corrected chi connectivity index (χ0v) is 20.3. The van der Waals surface area contributed by atoms with Crippen molar-refractivity contribution in [1.29, 1.82) is 5.26 Å². The van der Waals surface area contributed by atoms with Crippen molar-refractivity contribution in [1.82, 2.24) is 24.8 Å². The highest BCUT2D eigenvalue weighted by Crippen LogP contribution is 2.32. The molecule has 5 rings (SSSR count). The topological polar surface area (TPSA) is 81.8 Å². The third-order valence-corrected chi connectivity index (χ3v) is 6.48. The number of aromatic nitrogens is 4. The van der Waals surface area contributed by atoms with Gasteiger partial charge in [-0.3, -0.25) is 0 Å². The minimum atomic E-state index is -0.530. The van der Waals surface area contributed by atoms with Gasteiger partial charge in [0, 0.05) is 43.0 Å². The average molecular weight is 468 g/mol. The standard InChI is InChI=1S/C27H26FN7/c1-16-11-20(14-21(12-16)35-9-7-34(4)8-10-35)26-32-24(22-6-5-19(15-29)13-23(22)28)25-27(33-26)31-18(3)17(2)30-25/h5-6,11-14H,7-10H2,1-4H3. The molecule has 2 aromatic heterocycles. The highest BCUT2D eigenvalue weighted by atomic mass is 19.1. The van der Waals surface area contributed by atoms with Crippen LogP contribution in [0.4, 0.5) is 10.1 Å².